The zero-order valence-corrected chi connectivity index (χ0v) is 13.2. The third-order valence-electron chi connectivity index (χ3n) is 3.29. The fraction of sp³-hybridized carbons (Fsp3) is 1.00. The van der Waals surface area contributed by atoms with Crippen molar-refractivity contribution < 1.29 is 10.2 Å². The van der Waals surface area contributed by atoms with Gasteiger partial charge in [0.25, 0.3) is 0 Å². The van der Waals surface area contributed by atoms with Gasteiger partial charge in [-0.3, -0.25) is 0 Å². The van der Waals surface area contributed by atoms with E-state index in [4.69, 9.17) is 0 Å². The highest BCUT2D eigenvalue weighted by Crippen LogP contribution is 2.29. The normalized spacial score (nSPS) is 19.5. The molecule has 0 amide bonds. The van der Waals surface area contributed by atoms with Gasteiger partial charge in [0, 0.05) is 10.3 Å². The monoisotopic (exact) mass is 342 g/mol. The molecule has 0 bridgehead atoms. The smallest absolute Gasteiger partial charge is 0.0695 e. The molecular weight excluding hydrogens is 315 g/mol. The molecule has 2 nitrogen and oxygen atoms in total. The van der Waals surface area contributed by atoms with E-state index >= 15 is 0 Å². The van der Waals surface area contributed by atoms with E-state index < -0.39 is 11.7 Å². The van der Waals surface area contributed by atoms with Crippen LogP contribution in [0.2, 0.25) is 0 Å². The summed E-state index contributed by atoms with van der Waals surface area (Å²) in [5.41, 5.74) is -0.696. The van der Waals surface area contributed by atoms with Crippen LogP contribution in [0.3, 0.4) is 0 Å². The van der Waals surface area contributed by atoms with Crippen LogP contribution in [0.4, 0.5) is 0 Å². The molecule has 3 atom stereocenters. The van der Waals surface area contributed by atoms with Crippen molar-refractivity contribution in [1.82, 2.24) is 0 Å². The number of halogens is 1. The predicted octanol–water partition coefficient (Wildman–Crippen LogP) is 3.53. The molecule has 0 radical (unpaired) electrons. The van der Waals surface area contributed by atoms with Crippen molar-refractivity contribution in [3.63, 3.8) is 0 Å². The van der Waals surface area contributed by atoms with Gasteiger partial charge in [-0.1, -0.05) is 43.4 Å². The van der Waals surface area contributed by atoms with Gasteiger partial charge in [0.05, 0.1) is 11.7 Å². The van der Waals surface area contributed by atoms with Crippen LogP contribution in [-0.2, 0) is 0 Å². The van der Waals surface area contributed by atoms with Crippen LogP contribution >= 0.6 is 22.6 Å². The van der Waals surface area contributed by atoms with E-state index in [2.05, 4.69) is 29.5 Å². The molecule has 3 unspecified atom stereocenters. The van der Waals surface area contributed by atoms with Gasteiger partial charge in [0.2, 0.25) is 0 Å². The zero-order valence-electron chi connectivity index (χ0n) is 11.0. The summed E-state index contributed by atoms with van der Waals surface area (Å²) in [5.74, 6) is 0.205. The van der Waals surface area contributed by atoms with Crippen LogP contribution in [0.5, 0.6) is 0 Å². The Hall–Kier alpha value is 0.650. The Bertz CT molecular complexity index is 183. The van der Waals surface area contributed by atoms with Gasteiger partial charge < -0.3 is 10.2 Å². The van der Waals surface area contributed by atoms with Crippen molar-refractivity contribution >= 4 is 22.6 Å². The van der Waals surface area contributed by atoms with Crippen molar-refractivity contribution in [2.75, 3.05) is 0 Å². The third kappa shape index (κ3) is 6.40. The summed E-state index contributed by atoms with van der Waals surface area (Å²) in [6.07, 6.45) is 4.26. The fourth-order valence-electron chi connectivity index (χ4n) is 1.97. The predicted molar refractivity (Wildman–Crippen MR) is 78.0 cm³/mol. The summed E-state index contributed by atoms with van der Waals surface area (Å²) in [5, 5.41) is 19.9. The Morgan fingerprint density at radius 3 is 2.19 bits per heavy atom. The van der Waals surface area contributed by atoms with Crippen LogP contribution in [0, 0.1) is 5.92 Å². The highest BCUT2D eigenvalue weighted by molar-refractivity contribution is 14.1. The average Bonchev–Trinajstić information content (AvgIpc) is 2.16. The van der Waals surface area contributed by atoms with Crippen molar-refractivity contribution in [3.8, 4) is 0 Å². The summed E-state index contributed by atoms with van der Waals surface area (Å²) in [6.45, 7) is 8.01. The van der Waals surface area contributed by atoms with E-state index in [1.807, 2.05) is 13.8 Å². The fourth-order valence-corrected chi connectivity index (χ4v) is 2.41. The summed E-state index contributed by atoms with van der Waals surface area (Å²) in [6, 6.07) is 0. The lowest BCUT2D eigenvalue weighted by atomic mass is 9.81. The summed E-state index contributed by atoms with van der Waals surface area (Å²) < 4.78 is 0.709. The van der Waals surface area contributed by atoms with Crippen LogP contribution in [-0.4, -0.2) is 25.8 Å². The standard InChI is InChI=1S/C13H27IO2/c1-5-12(14)7-6-8-13(16,10(2)3)9-11(4)15/h10-12,15-16H,5-9H2,1-4H3. The van der Waals surface area contributed by atoms with E-state index in [-0.39, 0.29) is 5.92 Å². The highest BCUT2D eigenvalue weighted by atomic mass is 127. The maximum absolute atomic E-state index is 10.5. The quantitative estimate of drug-likeness (QED) is 0.523. The van der Waals surface area contributed by atoms with Gasteiger partial charge in [-0.15, -0.1) is 0 Å². The first kappa shape index (κ1) is 16.6. The van der Waals surface area contributed by atoms with Gasteiger partial charge in [-0.2, -0.15) is 0 Å². The van der Waals surface area contributed by atoms with Gasteiger partial charge >= 0.3 is 0 Å². The maximum Gasteiger partial charge on any atom is 0.0695 e. The van der Waals surface area contributed by atoms with Crippen molar-refractivity contribution in [1.29, 1.82) is 0 Å². The Labute approximate surface area is 114 Å². The van der Waals surface area contributed by atoms with Crippen molar-refractivity contribution in [3.05, 3.63) is 0 Å². The molecule has 2 N–H and O–H groups in total. The van der Waals surface area contributed by atoms with Crippen LogP contribution in [0.1, 0.15) is 59.8 Å². The molecule has 0 aliphatic carbocycles. The van der Waals surface area contributed by atoms with Crippen LogP contribution in [0.15, 0.2) is 0 Å². The molecule has 0 saturated heterocycles. The second kappa shape index (κ2) is 7.88. The molecule has 3 heteroatoms. The first-order valence-corrected chi connectivity index (χ1v) is 7.61. The molecule has 0 aromatic rings. The lowest BCUT2D eigenvalue weighted by molar-refractivity contribution is -0.0501. The minimum absolute atomic E-state index is 0.205. The number of aliphatic hydroxyl groups excluding tert-OH is 1. The van der Waals surface area contributed by atoms with Crippen LogP contribution < -0.4 is 0 Å². The van der Waals surface area contributed by atoms with Gasteiger partial charge in [-0.05, 0) is 38.5 Å². The molecule has 0 aromatic heterocycles. The molecular formula is C13H27IO2. The van der Waals surface area contributed by atoms with Gasteiger partial charge in [0.1, 0.15) is 0 Å². The molecule has 98 valence electrons. The summed E-state index contributed by atoms with van der Waals surface area (Å²) in [7, 11) is 0. The zero-order chi connectivity index (χ0) is 12.8. The Kier molecular flexibility index (Phi) is 8.20. The van der Waals surface area contributed by atoms with E-state index in [9.17, 15) is 10.2 Å². The lowest BCUT2D eigenvalue weighted by Gasteiger charge is -2.33. The van der Waals surface area contributed by atoms with E-state index in [1.54, 1.807) is 6.92 Å². The summed E-state index contributed by atoms with van der Waals surface area (Å²) in [4.78, 5) is 0. The Morgan fingerprint density at radius 1 is 1.25 bits per heavy atom. The second-order valence-electron chi connectivity index (χ2n) is 5.21. The number of rotatable bonds is 8. The molecule has 0 aliphatic heterocycles. The van der Waals surface area contributed by atoms with Crippen LogP contribution in [0.25, 0.3) is 0 Å². The molecule has 0 aliphatic rings. The Balaban J connectivity index is 4.13. The number of hydrogen-bond donors (Lipinski definition) is 2. The van der Waals surface area contributed by atoms with Crippen molar-refractivity contribution in [2.24, 2.45) is 5.92 Å². The van der Waals surface area contributed by atoms with E-state index in [0.717, 1.165) is 19.3 Å². The number of hydrogen-bond acceptors (Lipinski definition) is 2. The molecule has 16 heavy (non-hydrogen) atoms. The van der Waals surface area contributed by atoms with Gasteiger partial charge in [-0.25, -0.2) is 0 Å². The third-order valence-corrected chi connectivity index (χ3v) is 4.80. The minimum atomic E-state index is -0.696. The van der Waals surface area contributed by atoms with Gasteiger partial charge in [0.15, 0.2) is 0 Å². The molecule has 0 spiro atoms. The molecule has 0 fully saturated rings. The minimum Gasteiger partial charge on any atom is -0.393 e. The maximum atomic E-state index is 10.5. The average molecular weight is 342 g/mol. The lowest BCUT2D eigenvalue weighted by Crippen LogP contribution is -2.38. The van der Waals surface area contributed by atoms with E-state index in [1.165, 1.54) is 6.42 Å². The highest BCUT2D eigenvalue weighted by Gasteiger charge is 2.31. The molecule has 0 rings (SSSR count). The summed E-state index contributed by atoms with van der Waals surface area (Å²) >= 11 is 2.47. The Morgan fingerprint density at radius 2 is 1.81 bits per heavy atom. The van der Waals surface area contributed by atoms with E-state index in [0.29, 0.717) is 10.3 Å². The molecule has 0 saturated carbocycles. The largest absolute Gasteiger partial charge is 0.393 e. The SMILES string of the molecule is CCC(I)CCCC(O)(CC(C)O)C(C)C. The first-order valence-electron chi connectivity index (χ1n) is 6.36. The van der Waals surface area contributed by atoms with Crippen molar-refractivity contribution in [2.45, 2.75) is 75.4 Å². The second-order valence-corrected chi connectivity index (χ2v) is 6.97. The number of alkyl halides is 1. The molecule has 0 heterocycles. The topological polar surface area (TPSA) is 40.5 Å². The molecule has 0 aromatic carbocycles. The number of aliphatic hydroxyl groups is 2. The first-order chi connectivity index (χ1) is 7.31.